The summed E-state index contributed by atoms with van der Waals surface area (Å²) in [6.07, 6.45) is 5.76. The van der Waals surface area contributed by atoms with Crippen LogP contribution in [-0.4, -0.2) is 37.1 Å². The highest BCUT2D eigenvalue weighted by Gasteiger charge is 2.25. The molecule has 1 aromatic carbocycles. The lowest BCUT2D eigenvalue weighted by Crippen LogP contribution is -2.49. The first kappa shape index (κ1) is 12.0. The topological polar surface area (TPSA) is 6.48 Å². The molecular weight excluding hydrogens is 220 g/mol. The molecule has 1 saturated heterocycles. The minimum absolute atomic E-state index is 0.894. The SMILES string of the molecule is Cc1ccc(N2CCN(C3CCCC3)CC2)cc1. The molecule has 2 heteroatoms. The Morgan fingerprint density at radius 1 is 0.889 bits per heavy atom. The van der Waals surface area contributed by atoms with Gasteiger partial charge in [0.25, 0.3) is 0 Å². The first-order valence-corrected chi connectivity index (χ1v) is 7.38. The number of hydrogen-bond donors (Lipinski definition) is 0. The number of aryl methyl sites for hydroxylation is 1. The highest BCUT2D eigenvalue weighted by Crippen LogP contribution is 2.25. The van der Waals surface area contributed by atoms with E-state index >= 15 is 0 Å². The molecule has 1 aromatic rings. The van der Waals surface area contributed by atoms with Crippen molar-refractivity contribution in [1.29, 1.82) is 0 Å². The molecule has 0 bridgehead atoms. The van der Waals surface area contributed by atoms with E-state index in [0.29, 0.717) is 0 Å². The van der Waals surface area contributed by atoms with Gasteiger partial charge in [0.15, 0.2) is 0 Å². The van der Waals surface area contributed by atoms with Gasteiger partial charge in [-0.05, 0) is 31.9 Å². The second-order valence-corrected chi connectivity index (χ2v) is 5.80. The standard InChI is InChI=1S/C16H24N2/c1-14-6-8-16(9-7-14)18-12-10-17(11-13-18)15-4-2-3-5-15/h6-9,15H,2-5,10-13H2,1H3. The molecule has 0 spiro atoms. The lowest BCUT2D eigenvalue weighted by atomic mass is 10.1. The van der Waals surface area contributed by atoms with Crippen LogP contribution in [-0.2, 0) is 0 Å². The Bertz CT molecular complexity index is 371. The van der Waals surface area contributed by atoms with Gasteiger partial charge in [0, 0.05) is 37.9 Å². The van der Waals surface area contributed by atoms with Crippen LogP contribution >= 0.6 is 0 Å². The van der Waals surface area contributed by atoms with Gasteiger partial charge in [0.05, 0.1) is 0 Å². The third-order valence-electron chi connectivity index (χ3n) is 4.55. The van der Waals surface area contributed by atoms with E-state index in [1.54, 1.807) is 0 Å². The van der Waals surface area contributed by atoms with Gasteiger partial charge in [-0.25, -0.2) is 0 Å². The van der Waals surface area contributed by atoms with Crippen molar-refractivity contribution in [3.63, 3.8) is 0 Å². The molecule has 2 fully saturated rings. The van der Waals surface area contributed by atoms with E-state index in [1.807, 2.05) is 0 Å². The summed E-state index contributed by atoms with van der Waals surface area (Å²) in [6.45, 7) is 7.04. The van der Waals surface area contributed by atoms with Crippen LogP contribution in [0.4, 0.5) is 5.69 Å². The molecule has 0 aromatic heterocycles. The molecule has 3 rings (SSSR count). The monoisotopic (exact) mass is 244 g/mol. The number of rotatable bonds is 2. The number of benzene rings is 1. The van der Waals surface area contributed by atoms with Gasteiger partial charge in [0.1, 0.15) is 0 Å². The van der Waals surface area contributed by atoms with E-state index in [2.05, 4.69) is 41.0 Å². The van der Waals surface area contributed by atoms with E-state index in [4.69, 9.17) is 0 Å². The van der Waals surface area contributed by atoms with Crippen LogP contribution in [0.3, 0.4) is 0 Å². The Hall–Kier alpha value is -1.02. The van der Waals surface area contributed by atoms with Crippen LogP contribution in [0.2, 0.25) is 0 Å². The molecule has 0 amide bonds. The minimum atomic E-state index is 0.894. The van der Waals surface area contributed by atoms with Crippen molar-refractivity contribution >= 4 is 5.69 Å². The number of hydrogen-bond acceptors (Lipinski definition) is 2. The van der Waals surface area contributed by atoms with Crippen molar-refractivity contribution in [1.82, 2.24) is 4.90 Å². The van der Waals surface area contributed by atoms with Crippen molar-refractivity contribution in [3.8, 4) is 0 Å². The van der Waals surface area contributed by atoms with Crippen LogP contribution in [0.5, 0.6) is 0 Å². The molecular formula is C16H24N2. The Balaban J connectivity index is 1.57. The first-order valence-electron chi connectivity index (χ1n) is 7.38. The van der Waals surface area contributed by atoms with Crippen molar-refractivity contribution < 1.29 is 0 Å². The summed E-state index contributed by atoms with van der Waals surface area (Å²) in [5, 5.41) is 0. The summed E-state index contributed by atoms with van der Waals surface area (Å²) < 4.78 is 0. The van der Waals surface area contributed by atoms with E-state index in [-0.39, 0.29) is 0 Å². The number of piperazine rings is 1. The largest absolute Gasteiger partial charge is 0.369 e. The van der Waals surface area contributed by atoms with Crippen molar-refractivity contribution in [2.75, 3.05) is 31.1 Å². The van der Waals surface area contributed by atoms with Crippen molar-refractivity contribution in [3.05, 3.63) is 29.8 Å². The highest BCUT2D eigenvalue weighted by molar-refractivity contribution is 5.47. The molecule has 1 aliphatic heterocycles. The van der Waals surface area contributed by atoms with E-state index < -0.39 is 0 Å². The second-order valence-electron chi connectivity index (χ2n) is 5.80. The summed E-state index contributed by atoms with van der Waals surface area (Å²) in [5.41, 5.74) is 2.75. The molecule has 1 saturated carbocycles. The summed E-state index contributed by atoms with van der Waals surface area (Å²) in [7, 11) is 0. The first-order chi connectivity index (χ1) is 8.83. The molecule has 2 nitrogen and oxygen atoms in total. The summed E-state index contributed by atoms with van der Waals surface area (Å²) in [5.74, 6) is 0. The fourth-order valence-electron chi connectivity index (χ4n) is 3.37. The second kappa shape index (κ2) is 5.31. The lowest BCUT2D eigenvalue weighted by Gasteiger charge is -2.39. The van der Waals surface area contributed by atoms with Crippen LogP contribution in [0.15, 0.2) is 24.3 Å². The Kier molecular flexibility index (Phi) is 3.55. The Labute approximate surface area is 111 Å². The van der Waals surface area contributed by atoms with Crippen molar-refractivity contribution in [2.45, 2.75) is 38.6 Å². The van der Waals surface area contributed by atoms with Gasteiger partial charge in [0.2, 0.25) is 0 Å². The molecule has 0 N–H and O–H groups in total. The third-order valence-corrected chi connectivity index (χ3v) is 4.55. The molecule has 0 radical (unpaired) electrons. The Morgan fingerprint density at radius 3 is 2.11 bits per heavy atom. The van der Waals surface area contributed by atoms with Crippen LogP contribution in [0, 0.1) is 6.92 Å². The zero-order valence-corrected chi connectivity index (χ0v) is 11.4. The van der Waals surface area contributed by atoms with E-state index in [9.17, 15) is 0 Å². The maximum Gasteiger partial charge on any atom is 0.0367 e. The molecule has 98 valence electrons. The predicted octanol–water partition coefficient (Wildman–Crippen LogP) is 3.06. The summed E-state index contributed by atoms with van der Waals surface area (Å²) in [6, 6.07) is 9.86. The van der Waals surface area contributed by atoms with Crippen LogP contribution in [0.1, 0.15) is 31.2 Å². The predicted molar refractivity (Wildman–Crippen MR) is 77.2 cm³/mol. The third kappa shape index (κ3) is 2.54. The molecule has 0 unspecified atom stereocenters. The van der Waals surface area contributed by atoms with Gasteiger partial charge in [-0.1, -0.05) is 30.5 Å². The highest BCUT2D eigenvalue weighted by atomic mass is 15.3. The normalized spacial score (nSPS) is 22.6. The smallest absolute Gasteiger partial charge is 0.0367 e. The molecule has 18 heavy (non-hydrogen) atoms. The average Bonchev–Trinajstić information content (AvgIpc) is 2.94. The maximum atomic E-state index is 2.72. The fraction of sp³-hybridized carbons (Fsp3) is 0.625. The molecule has 0 atom stereocenters. The maximum absolute atomic E-state index is 2.72. The van der Waals surface area contributed by atoms with Gasteiger partial charge in [-0.3, -0.25) is 4.90 Å². The van der Waals surface area contributed by atoms with E-state index in [0.717, 1.165) is 6.04 Å². The number of nitrogens with zero attached hydrogens (tertiary/aromatic N) is 2. The fourth-order valence-corrected chi connectivity index (χ4v) is 3.37. The summed E-state index contributed by atoms with van der Waals surface area (Å²) >= 11 is 0. The Morgan fingerprint density at radius 2 is 1.50 bits per heavy atom. The number of anilines is 1. The van der Waals surface area contributed by atoms with Crippen LogP contribution in [0.25, 0.3) is 0 Å². The quantitative estimate of drug-likeness (QED) is 0.789. The molecule has 2 aliphatic rings. The van der Waals surface area contributed by atoms with Crippen LogP contribution < -0.4 is 4.90 Å². The lowest BCUT2D eigenvalue weighted by molar-refractivity contribution is 0.187. The summed E-state index contributed by atoms with van der Waals surface area (Å²) in [4.78, 5) is 5.25. The van der Waals surface area contributed by atoms with E-state index in [1.165, 1.54) is 63.1 Å². The van der Waals surface area contributed by atoms with Gasteiger partial charge in [-0.15, -0.1) is 0 Å². The zero-order valence-electron chi connectivity index (χ0n) is 11.4. The average molecular weight is 244 g/mol. The molecule has 1 aliphatic carbocycles. The van der Waals surface area contributed by atoms with Gasteiger partial charge < -0.3 is 4.90 Å². The van der Waals surface area contributed by atoms with Crippen molar-refractivity contribution in [2.24, 2.45) is 0 Å². The van der Waals surface area contributed by atoms with Gasteiger partial charge in [-0.2, -0.15) is 0 Å². The zero-order chi connectivity index (χ0) is 12.4. The van der Waals surface area contributed by atoms with Gasteiger partial charge >= 0.3 is 0 Å². The minimum Gasteiger partial charge on any atom is -0.369 e. The molecule has 1 heterocycles.